The summed E-state index contributed by atoms with van der Waals surface area (Å²) in [5, 5.41) is 10.4. The lowest BCUT2D eigenvalue weighted by Gasteiger charge is -2.26. The second kappa shape index (κ2) is 9.94. The van der Waals surface area contributed by atoms with Crippen molar-refractivity contribution in [3.05, 3.63) is 64.8 Å². The number of sulfonamides is 1. The summed E-state index contributed by atoms with van der Waals surface area (Å²) in [4.78, 5) is 12.6. The average molecular weight is 489 g/mol. The molecule has 10 heteroatoms. The van der Waals surface area contributed by atoms with Gasteiger partial charge in [0.25, 0.3) is 5.91 Å². The Kier molecular flexibility index (Phi) is 7.02. The maximum absolute atomic E-state index is 13.3. The van der Waals surface area contributed by atoms with Gasteiger partial charge < -0.3 is 10.1 Å². The molecule has 0 saturated carbocycles. The van der Waals surface area contributed by atoms with E-state index in [4.69, 9.17) is 16.3 Å². The molecule has 0 aliphatic carbocycles. The van der Waals surface area contributed by atoms with E-state index in [1.54, 1.807) is 36.4 Å². The summed E-state index contributed by atoms with van der Waals surface area (Å²) < 4.78 is 33.3. The lowest BCUT2D eigenvalue weighted by molar-refractivity contribution is 0.0946. The third kappa shape index (κ3) is 5.21. The Hall–Kier alpha value is -2.88. The van der Waals surface area contributed by atoms with E-state index >= 15 is 0 Å². The summed E-state index contributed by atoms with van der Waals surface area (Å²) in [5.74, 6) is -0.0424. The largest absolute Gasteiger partial charge is 0.495 e. The minimum atomic E-state index is -3.71. The van der Waals surface area contributed by atoms with Crippen LogP contribution in [0.1, 0.15) is 35.3 Å². The van der Waals surface area contributed by atoms with Crippen molar-refractivity contribution in [2.45, 2.75) is 30.7 Å². The second-order valence-corrected chi connectivity index (χ2v) is 10.1. The molecule has 1 aromatic heterocycles. The Balaban J connectivity index is 1.54. The number of amides is 1. The minimum Gasteiger partial charge on any atom is -0.495 e. The topological polar surface area (TPSA) is 104 Å². The number of H-pyrrole nitrogens is 1. The fourth-order valence-corrected chi connectivity index (χ4v) is 5.57. The number of aromatic amines is 1. The summed E-state index contributed by atoms with van der Waals surface area (Å²) in [5.41, 5.74) is 2.22. The fourth-order valence-electron chi connectivity index (χ4n) is 3.75. The maximum Gasteiger partial charge on any atom is 0.269 e. The van der Waals surface area contributed by atoms with Gasteiger partial charge in [-0.15, -0.1) is 0 Å². The van der Waals surface area contributed by atoms with Gasteiger partial charge >= 0.3 is 0 Å². The third-order valence-electron chi connectivity index (χ3n) is 5.58. The van der Waals surface area contributed by atoms with Crippen LogP contribution in [0.15, 0.2) is 53.4 Å². The van der Waals surface area contributed by atoms with Crippen molar-refractivity contribution in [2.75, 3.05) is 20.2 Å². The quantitative estimate of drug-likeness (QED) is 0.525. The van der Waals surface area contributed by atoms with Crippen LogP contribution in [0, 0.1) is 0 Å². The number of nitrogens with one attached hydrogen (secondary N) is 2. The molecule has 3 aromatic rings. The first-order valence-electron chi connectivity index (χ1n) is 10.6. The molecule has 8 nitrogen and oxygen atoms in total. The molecule has 1 amide bonds. The van der Waals surface area contributed by atoms with Gasteiger partial charge in [-0.3, -0.25) is 9.89 Å². The minimum absolute atomic E-state index is 0.0983. The van der Waals surface area contributed by atoms with Crippen molar-refractivity contribution >= 4 is 27.5 Å². The van der Waals surface area contributed by atoms with Gasteiger partial charge in [0.15, 0.2) is 0 Å². The molecule has 1 fully saturated rings. The van der Waals surface area contributed by atoms with Crippen LogP contribution in [0.25, 0.3) is 11.3 Å². The third-order valence-corrected chi connectivity index (χ3v) is 7.75. The van der Waals surface area contributed by atoms with Crippen LogP contribution >= 0.6 is 11.6 Å². The van der Waals surface area contributed by atoms with Gasteiger partial charge in [0, 0.05) is 30.2 Å². The number of rotatable bonds is 7. The molecule has 1 aliphatic heterocycles. The molecule has 2 heterocycles. The smallest absolute Gasteiger partial charge is 0.269 e. The highest BCUT2D eigenvalue weighted by Gasteiger charge is 2.29. The number of hydrogen-bond acceptors (Lipinski definition) is 5. The Labute approximate surface area is 198 Å². The van der Waals surface area contributed by atoms with E-state index in [9.17, 15) is 13.2 Å². The highest BCUT2D eigenvalue weighted by molar-refractivity contribution is 7.89. The first kappa shape index (κ1) is 23.3. The highest BCUT2D eigenvalue weighted by Crippen LogP contribution is 2.32. The van der Waals surface area contributed by atoms with Crippen LogP contribution in [0.4, 0.5) is 0 Å². The molecular weight excluding hydrogens is 464 g/mol. The summed E-state index contributed by atoms with van der Waals surface area (Å²) in [6.45, 7) is 1.33. The van der Waals surface area contributed by atoms with Crippen molar-refractivity contribution in [2.24, 2.45) is 0 Å². The number of nitrogens with zero attached hydrogens (tertiary/aromatic N) is 2. The van der Waals surface area contributed by atoms with Crippen molar-refractivity contribution < 1.29 is 17.9 Å². The molecule has 2 aromatic carbocycles. The Morgan fingerprint density at radius 3 is 2.55 bits per heavy atom. The molecule has 0 unspecified atom stereocenters. The average Bonchev–Trinajstić information content (AvgIpc) is 3.34. The van der Waals surface area contributed by atoms with Crippen molar-refractivity contribution in [3.63, 3.8) is 0 Å². The maximum atomic E-state index is 13.3. The lowest BCUT2D eigenvalue weighted by atomic mass is 10.1. The normalized spacial score (nSPS) is 14.7. The first-order valence-corrected chi connectivity index (χ1v) is 12.5. The Morgan fingerprint density at radius 2 is 1.85 bits per heavy atom. The predicted molar refractivity (Wildman–Crippen MR) is 126 cm³/mol. The van der Waals surface area contributed by atoms with E-state index in [1.807, 2.05) is 12.1 Å². The van der Waals surface area contributed by atoms with Crippen molar-refractivity contribution in [1.29, 1.82) is 0 Å². The predicted octanol–water partition coefficient (Wildman–Crippen LogP) is 3.84. The number of benzene rings is 2. The van der Waals surface area contributed by atoms with Crippen LogP contribution in [-0.2, 0) is 16.6 Å². The van der Waals surface area contributed by atoms with E-state index in [0.717, 1.165) is 24.8 Å². The first-order chi connectivity index (χ1) is 15.9. The van der Waals surface area contributed by atoms with E-state index in [2.05, 4.69) is 15.5 Å². The van der Waals surface area contributed by atoms with E-state index in [0.29, 0.717) is 35.9 Å². The van der Waals surface area contributed by atoms with Gasteiger partial charge in [-0.05, 0) is 54.8 Å². The Bertz CT molecular complexity index is 1240. The van der Waals surface area contributed by atoms with Crippen LogP contribution in [0.3, 0.4) is 0 Å². The van der Waals surface area contributed by atoms with Crippen molar-refractivity contribution in [1.82, 2.24) is 19.8 Å². The molecule has 0 radical (unpaired) electrons. The lowest BCUT2D eigenvalue weighted by Crippen LogP contribution is -2.35. The molecule has 1 aliphatic rings. The number of carbonyl (C=O) groups is 1. The molecule has 174 valence electrons. The van der Waals surface area contributed by atoms with Gasteiger partial charge in [0.05, 0.1) is 12.8 Å². The van der Waals surface area contributed by atoms with Gasteiger partial charge in [0.2, 0.25) is 10.0 Å². The molecule has 1 saturated heterocycles. The molecule has 33 heavy (non-hydrogen) atoms. The summed E-state index contributed by atoms with van der Waals surface area (Å²) in [6.07, 6.45) is 2.71. The molecule has 4 rings (SSSR count). The summed E-state index contributed by atoms with van der Waals surface area (Å²) in [7, 11) is -2.26. The van der Waals surface area contributed by atoms with E-state index in [1.165, 1.54) is 11.4 Å². The number of piperidine rings is 1. The molecule has 2 N–H and O–H groups in total. The summed E-state index contributed by atoms with van der Waals surface area (Å²) in [6, 6.07) is 13.7. The number of halogens is 1. The standard InChI is InChI=1S/C23H25ClN4O4S/c1-32-21-10-7-17(13-22(21)33(30,31)28-11-3-2-4-12-28)19-14-20(27-26-19)23(29)25-15-16-5-8-18(24)9-6-16/h5-10,13-14H,2-4,11-12,15H2,1H3,(H,25,29)(H,26,27). The summed E-state index contributed by atoms with van der Waals surface area (Å²) >= 11 is 5.88. The van der Waals surface area contributed by atoms with Crippen LogP contribution in [0.2, 0.25) is 5.02 Å². The zero-order valence-electron chi connectivity index (χ0n) is 18.2. The van der Waals surface area contributed by atoms with Crippen LogP contribution in [-0.4, -0.2) is 49.0 Å². The number of methoxy groups -OCH3 is 1. The molecule has 0 atom stereocenters. The van der Waals surface area contributed by atoms with Gasteiger partial charge in [-0.2, -0.15) is 9.40 Å². The molecule has 0 bridgehead atoms. The van der Waals surface area contributed by atoms with Gasteiger partial charge in [0.1, 0.15) is 16.3 Å². The monoisotopic (exact) mass is 488 g/mol. The van der Waals surface area contributed by atoms with Gasteiger partial charge in [-0.25, -0.2) is 8.42 Å². The highest BCUT2D eigenvalue weighted by atomic mass is 35.5. The number of ether oxygens (including phenoxy) is 1. The fraction of sp³-hybridized carbons (Fsp3) is 0.304. The van der Waals surface area contributed by atoms with Crippen LogP contribution < -0.4 is 10.1 Å². The van der Waals surface area contributed by atoms with Gasteiger partial charge in [-0.1, -0.05) is 30.2 Å². The number of carbonyl (C=O) groups excluding carboxylic acids is 1. The zero-order valence-corrected chi connectivity index (χ0v) is 19.7. The second-order valence-electron chi connectivity index (χ2n) is 7.81. The molecular formula is C23H25ClN4O4S. The Morgan fingerprint density at radius 1 is 1.12 bits per heavy atom. The zero-order chi connectivity index (χ0) is 23.4. The van der Waals surface area contributed by atoms with Crippen LogP contribution in [0.5, 0.6) is 5.75 Å². The van der Waals surface area contributed by atoms with E-state index < -0.39 is 10.0 Å². The van der Waals surface area contributed by atoms with E-state index in [-0.39, 0.29) is 22.2 Å². The number of aromatic nitrogens is 2. The number of hydrogen-bond donors (Lipinski definition) is 2. The SMILES string of the molecule is COc1ccc(-c2cc(C(=O)NCc3ccc(Cl)cc3)[nH]n2)cc1S(=O)(=O)N1CCCCC1. The van der Waals surface area contributed by atoms with Crippen molar-refractivity contribution in [3.8, 4) is 17.0 Å². The molecule has 0 spiro atoms.